The van der Waals surface area contributed by atoms with Gasteiger partial charge in [0.15, 0.2) is 8.32 Å². The molecule has 2 N–H and O–H groups in total. The molecule has 7 rings (SSSR count). The molecule has 2 amide bonds. The zero-order chi connectivity index (χ0) is 52.1. The van der Waals surface area contributed by atoms with Crippen LogP contribution in [-0.4, -0.2) is 79.8 Å². The molecule has 2 fully saturated rings. The lowest BCUT2D eigenvalue weighted by Crippen LogP contribution is -2.71. The third kappa shape index (κ3) is 11.2. The van der Waals surface area contributed by atoms with Crippen molar-refractivity contribution in [2.24, 2.45) is 10.8 Å². The largest absolute Gasteiger partial charge is 0.465 e. The van der Waals surface area contributed by atoms with Crippen LogP contribution in [0.1, 0.15) is 118 Å². The van der Waals surface area contributed by atoms with Crippen molar-refractivity contribution < 1.29 is 27.9 Å². The Morgan fingerprint density at radius 2 is 1.42 bits per heavy atom. The van der Waals surface area contributed by atoms with Gasteiger partial charge in [-0.2, -0.15) is 0 Å². The summed E-state index contributed by atoms with van der Waals surface area (Å²) in [6.45, 7) is 31.6. The number of pyridine rings is 1. The standard InChI is InChI=1S/C58H78FN3O6SSi2/c1-39-47(32-41(33-49(39)59)51(63)60-42-26-27-42)40-25-28-46-48(31-40)50(35-61(52(46)64)36-57(11,12)37-67-70(13,14)55(5,6)7)69-43-29-30-62(53(65)66)58(34-43,54(2,3)4)38-68-71(56(8,9)10,44-21-17-15-18-22-44)45-23-19-16-20-24-45/h15-25,28,31-33,35,42-43H,26-27,29-30,34,36-38H2,1-14H3,(H,60,63)(H,65,66)/t43-,58+/m0/s1. The minimum absolute atomic E-state index is 0.0231. The van der Waals surface area contributed by atoms with Gasteiger partial charge < -0.3 is 23.8 Å². The molecule has 1 saturated heterocycles. The topological polar surface area (TPSA) is 110 Å². The van der Waals surface area contributed by atoms with Crippen molar-refractivity contribution in [1.82, 2.24) is 14.8 Å². The van der Waals surface area contributed by atoms with E-state index < -0.39 is 44.9 Å². The molecule has 1 aliphatic heterocycles. The number of carbonyl (C=O) groups is 2. The molecule has 0 unspecified atom stereocenters. The molecule has 1 aliphatic carbocycles. The molecule has 4 aromatic carbocycles. The van der Waals surface area contributed by atoms with E-state index in [2.05, 4.69) is 143 Å². The Labute approximate surface area is 428 Å². The van der Waals surface area contributed by atoms with Crippen LogP contribution in [-0.2, 0) is 15.4 Å². The van der Waals surface area contributed by atoms with Gasteiger partial charge in [-0.25, -0.2) is 9.18 Å². The Kier molecular flexibility index (Phi) is 15.3. The van der Waals surface area contributed by atoms with Crippen LogP contribution >= 0.6 is 11.8 Å². The average molecular weight is 1020 g/mol. The maximum atomic E-state index is 15.8. The van der Waals surface area contributed by atoms with E-state index in [1.807, 2.05) is 41.1 Å². The van der Waals surface area contributed by atoms with Gasteiger partial charge in [-0.15, -0.1) is 11.8 Å². The van der Waals surface area contributed by atoms with Gasteiger partial charge in [-0.3, -0.25) is 14.5 Å². The van der Waals surface area contributed by atoms with E-state index in [9.17, 15) is 19.5 Å². The smallest absolute Gasteiger partial charge is 0.407 e. The zero-order valence-corrected chi connectivity index (χ0v) is 47.5. The molecule has 5 aromatic rings. The van der Waals surface area contributed by atoms with Crippen LogP contribution in [0.15, 0.2) is 107 Å². The molecular formula is C58H78FN3O6SSi2. The van der Waals surface area contributed by atoms with Crippen LogP contribution in [0.2, 0.25) is 23.2 Å². The molecule has 0 radical (unpaired) electrons. The summed E-state index contributed by atoms with van der Waals surface area (Å²) in [5.41, 5.74) is -0.133. The van der Waals surface area contributed by atoms with Crippen LogP contribution in [0.5, 0.6) is 0 Å². The number of benzene rings is 4. The van der Waals surface area contributed by atoms with Gasteiger partial charge in [0.1, 0.15) is 5.82 Å². The fourth-order valence-corrected chi connectivity index (χ4v) is 17.4. The summed E-state index contributed by atoms with van der Waals surface area (Å²) in [5, 5.41) is 17.2. The summed E-state index contributed by atoms with van der Waals surface area (Å²) in [7, 11) is -5.21. The Bertz CT molecular complexity index is 2770. The highest BCUT2D eigenvalue weighted by Crippen LogP contribution is 2.49. The summed E-state index contributed by atoms with van der Waals surface area (Å²) >= 11 is 1.67. The second kappa shape index (κ2) is 20.1. The number of halogens is 1. The lowest BCUT2D eigenvalue weighted by Gasteiger charge is -2.57. The SMILES string of the molecule is Cc1c(F)cc(C(=O)NC2CC2)cc1-c1ccc2c(=O)n(CC(C)(C)CO[Si](C)(C)C(C)(C)C)cc(S[C@H]3CCN(C(=O)O)[C@](CO[Si](c4ccccc4)(c4ccccc4)C(C)(C)C)(C(C)(C)C)C3)c2c1. The number of carbonyl (C=O) groups excluding carboxylic acids is 1. The molecule has 382 valence electrons. The number of thioether (sulfide) groups is 1. The number of amides is 2. The Morgan fingerprint density at radius 3 is 1.96 bits per heavy atom. The molecular weight excluding hydrogens is 942 g/mol. The molecule has 0 bridgehead atoms. The van der Waals surface area contributed by atoms with E-state index in [0.717, 1.165) is 33.5 Å². The third-order valence-electron chi connectivity index (χ3n) is 15.7. The normalized spacial score (nSPS) is 18.5. The van der Waals surface area contributed by atoms with E-state index in [0.29, 0.717) is 54.6 Å². The molecule has 13 heteroatoms. The van der Waals surface area contributed by atoms with Crippen molar-refractivity contribution in [1.29, 1.82) is 0 Å². The predicted octanol–water partition coefficient (Wildman–Crippen LogP) is 12.7. The van der Waals surface area contributed by atoms with Gasteiger partial charge in [0.25, 0.3) is 19.8 Å². The van der Waals surface area contributed by atoms with Gasteiger partial charge in [0.2, 0.25) is 0 Å². The number of nitrogens with one attached hydrogen (secondary N) is 1. The molecule has 1 saturated carbocycles. The summed E-state index contributed by atoms with van der Waals surface area (Å²) in [5.74, 6) is -0.776. The highest BCUT2D eigenvalue weighted by atomic mass is 32.2. The number of rotatable bonds is 15. The number of piperidine rings is 1. The number of carboxylic acid groups (broad SMARTS) is 1. The van der Waals surface area contributed by atoms with Gasteiger partial charge in [-0.05, 0) is 113 Å². The van der Waals surface area contributed by atoms with Crippen LogP contribution in [0.25, 0.3) is 21.9 Å². The minimum Gasteiger partial charge on any atom is -0.465 e. The number of hydrogen-bond acceptors (Lipinski definition) is 6. The molecule has 2 heterocycles. The average Bonchev–Trinajstić information content (AvgIpc) is 4.11. The maximum Gasteiger partial charge on any atom is 0.407 e. The van der Waals surface area contributed by atoms with E-state index in [-0.39, 0.29) is 45.0 Å². The third-order valence-corrected chi connectivity index (χ3v) is 26.5. The number of aromatic nitrogens is 1. The van der Waals surface area contributed by atoms with Crippen molar-refractivity contribution in [2.45, 2.75) is 160 Å². The van der Waals surface area contributed by atoms with Crippen molar-refractivity contribution >= 4 is 61.5 Å². The van der Waals surface area contributed by atoms with Crippen molar-refractivity contribution in [2.75, 3.05) is 19.8 Å². The molecule has 71 heavy (non-hydrogen) atoms. The van der Waals surface area contributed by atoms with E-state index in [1.54, 1.807) is 29.7 Å². The van der Waals surface area contributed by atoms with Gasteiger partial charge in [0.05, 0.1) is 12.1 Å². The van der Waals surface area contributed by atoms with Gasteiger partial charge in [-0.1, -0.05) is 143 Å². The molecule has 9 nitrogen and oxygen atoms in total. The van der Waals surface area contributed by atoms with Gasteiger partial charge >= 0.3 is 6.09 Å². The van der Waals surface area contributed by atoms with Crippen LogP contribution in [0.3, 0.4) is 0 Å². The fourth-order valence-electron chi connectivity index (χ4n) is 10.1. The molecule has 0 spiro atoms. The predicted molar refractivity (Wildman–Crippen MR) is 295 cm³/mol. The van der Waals surface area contributed by atoms with Crippen LogP contribution < -0.4 is 21.2 Å². The number of likely N-dealkylation sites (tertiary alicyclic amines) is 1. The monoisotopic (exact) mass is 1020 g/mol. The van der Waals surface area contributed by atoms with Crippen molar-refractivity contribution in [3.8, 4) is 11.1 Å². The first kappa shape index (κ1) is 54.2. The quantitative estimate of drug-likeness (QED) is 0.101. The highest BCUT2D eigenvalue weighted by molar-refractivity contribution is 8.00. The van der Waals surface area contributed by atoms with Crippen molar-refractivity contribution in [3.05, 3.63) is 124 Å². The first-order valence-electron chi connectivity index (χ1n) is 25.4. The second-order valence-corrected chi connectivity index (χ2v) is 35.1. The van der Waals surface area contributed by atoms with Gasteiger partial charge in [0, 0.05) is 63.8 Å². The second-order valence-electron chi connectivity index (χ2n) is 24.7. The number of nitrogens with zero attached hydrogens (tertiary/aromatic N) is 2. The zero-order valence-electron chi connectivity index (χ0n) is 44.7. The van der Waals surface area contributed by atoms with E-state index >= 15 is 4.39 Å². The number of fused-ring (bicyclic) bond motifs is 1. The summed E-state index contributed by atoms with van der Waals surface area (Å²) < 4.78 is 32.0. The molecule has 2 atom stereocenters. The Hall–Kier alpha value is -4.54. The summed E-state index contributed by atoms with van der Waals surface area (Å²) in [4.78, 5) is 44.2. The lowest BCUT2D eigenvalue weighted by atomic mass is 9.68. The lowest BCUT2D eigenvalue weighted by molar-refractivity contribution is -0.0528. The summed E-state index contributed by atoms with van der Waals surface area (Å²) in [6.07, 6.45) is 3.88. The number of hydrogen-bond donors (Lipinski definition) is 2. The first-order chi connectivity index (χ1) is 33.0. The Morgan fingerprint density at radius 1 is 0.817 bits per heavy atom. The molecule has 1 aromatic heterocycles. The minimum atomic E-state index is -3.11. The van der Waals surface area contributed by atoms with E-state index in [1.165, 1.54) is 6.07 Å². The highest BCUT2D eigenvalue weighted by Gasteiger charge is 2.57. The summed E-state index contributed by atoms with van der Waals surface area (Å²) in [6, 6.07) is 29.7. The van der Waals surface area contributed by atoms with Crippen LogP contribution in [0, 0.1) is 23.6 Å². The molecule has 2 aliphatic rings. The Balaban J connectivity index is 1.34. The van der Waals surface area contributed by atoms with Crippen LogP contribution in [0.4, 0.5) is 9.18 Å². The fraction of sp³-hybridized carbons (Fsp3) is 0.500. The van der Waals surface area contributed by atoms with Crippen molar-refractivity contribution in [3.63, 3.8) is 0 Å². The first-order valence-corrected chi connectivity index (χ1v) is 31.0. The maximum absolute atomic E-state index is 15.8. The van der Waals surface area contributed by atoms with E-state index in [4.69, 9.17) is 8.85 Å².